The second kappa shape index (κ2) is 9.28. The van der Waals surface area contributed by atoms with Gasteiger partial charge in [-0.15, -0.1) is 0 Å². The van der Waals surface area contributed by atoms with Crippen molar-refractivity contribution in [2.75, 3.05) is 19.5 Å². The minimum Gasteiger partial charge on any atom is -0.385 e. The van der Waals surface area contributed by atoms with Crippen LogP contribution in [0.1, 0.15) is 50.8 Å². The molecule has 2 atom stereocenters. The van der Waals surface area contributed by atoms with Gasteiger partial charge in [0, 0.05) is 19.8 Å². The highest BCUT2D eigenvalue weighted by Crippen LogP contribution is 2.16. The molecule has 5 heteroatoms. The molecule has 1 aromatic carbocycles. The molecule has 0 aromatic heterocycles. The van der Waals surface area contributed by atoms with Gasteiger partial charge in [0.05, 0.1) is 5.75 Å². The van der Waals surface area contributed by atoms with Gasteiger partial charge in [0.2, 0.25) is 10.0 Å². The van der Waals surface area contributed by atoms with E-state index in [2.05, 4.69) is 18.6 Å². The van der Waals surface area contributed by atoms with Crippen LogP contribution < -0.4 is 4.72 Å². The van der Waals surface area contributed by atoms with Crippen LogP contribution in [-0.4, -0.2) is 27.9 Å². The Morgan fingerprint density at radius 1 is 1.14 bits per heavy atom. The summed E-state index contributed by atoms with van der Waals surface area (Å²) >= 11 is 0. The van der Waals surface area contributed by atoms with Gasteiger partial charge in [-0.25, -0.2) is 13.1 Å². The fraction of sp³-hybridized carbons (Fsp3) is 0.647. The normalized spacial score (nSPS) is 14.7. The van der Waals surface area contributed by atoms with Crippen molar-refractivity contribution in [1.82, 2.24) is 4.72 Å². The number of benzene rings is 1. The summed E-state index contributed by atoms with van der Waals surface area (Å²) < 4.78 is 32.1. The molecule has 22 heavy (non-hydrogen) atoms. The Bertz CT molecular complexity index is 525. The van der Waals surface area contributed by atoms with Gasteiger partial charge in [0.1, 0.15) is 0 Å². The highest BCUT2D eigenvalue weighted by molar-refractivity contribution is 7.89. The third-order valence-corrected chi connectivity index (χ3v) is 5.42. The largest absolute Gasteiger partial charge is 0.385 e. The summed E-state index contributed by atoms with van der Waals surface area (Å²) in [6, 6.07) is 7.88. The third-order valence-electron chi connectivity index (χ3n) is 3.94. The average Bonchev–Trinajstić information content (AvgIpc) is 2.50. The molecule has 0 aliphatic carbocycles. The standard InChI is InChI=1S/C17H29NO3S/c1-5-16-6-8-17(9-7-16)15(3)18-22(19,20)13-11-14(2)10-12-21-4/h6-9,14-15,18H,5,10-13H2,1-4H3/t14-,15-/m1/s1. The van der Waals surface area contributed by atoms with Crippen LogP contribution in [0.15, 0.2) is 24.3 Å². The van der Waals surface area contributed by atoms with E-state index in [9.17, 15) is 8.42 Å². The van der Waals surface area contributed by atoms with Crippen LogP contribution in [0.4, 0.5) is 0 Å². The lowest BCUT2D eigenvalue weighted by Gasteiger charge is -2.16. The predicted octanol–water partition coefficient (Wildman–Crippen LogP) is 3.29. The summed E-state index contributed by atoms with van der Waals surface area (Å²) in [6.07, 6.45) is 2.53. The fourth-order valence-electron chi connectivity index (χ4n) is 2.26. The number of nitrogens with one attached hydrogen (secondary N) is 1. The SMILES string of the molecule is CCc1ccc([C@@H](C)NS(=O)(=O)CC[C@H](C)CCOC)cc1. The van der Waals surface area contributed by atoms with E-state index in [0.717, 1.165) is 18.4 Å². The van der Waals surface area contributed by atoms with E-state index in [1.807, 2.05) is 31.2 Å². The van der Waals surface area contributed by atoms with E-state index in [4.69, 9.17) is 4.74 Å². The Labute approximate surface area is 135 Å². The lowest BCUT2D eigenvalue weighted by molar-refractivity contribution is 0.179. The molecule has 0 heterocycles. The maximum Gasteiger partial charge on any atom is 0.212 e. The molecule has 0 saturated heterocycles. The van der Waals surface area contributed by atoms with Crippen molar-refractivity contribution in [1.29, 1.82) is 0 Å². The molecule has 0 aliphatic rings. The van der Waals surface area contributed by atoms with Crippen molar-refractivity contribution >= 4 is 10.0 Å². The molecular weight excluding hydrogens is 298 g/mol. The van der Waals surface area contributed by atoms with Crippen LogP contribution in [-0.2, 0) is 21.2 Å². The zero-order valence-corrected chi connectivity index (χ0v) is 14.9. The Morgan fingerprint density at radius 3 is 2.32 bits per heavy atom. The zero-order chi connectivity index (χ0) is 16.6. The number of hydrogen-bond donors (Lipinski definition) is 1. The van der Waals surface area contributed by atoms with E-state index in [1.54, 1.807) is 7.11 Å². The summed E-state index contributed by atoms with van der Waals surface area (Å²) in [7, 11) is -1.59. The van der Waals surface area contributed by atoms with Crippen LogP contribution in [0.3, 0.4) is 0 Å². The molecule has 0 bridgehead atoms. The molecule has 0 saturated carbocycles. The molecule has 0 fully saturated rings. The van der Waals surface area contributed by atoms with Crippen molar-refractivity contribution in [2.45, 2.75) is 46.1 Å². The van der Waals surface area contributed by atoms with E-state index < -0.39 is 10.0 Å². The Balaban J connectivity index is 2.51. The molecule has 0 unspecified atom stereocenters. The molecule has 0 radical (unpaired) electrons. The Morgan fingerprint density at radius 2 is 1.77 bits per heavy atom. The van der Waals surface area contributed by atoms with E-state index in [-0.39, 0.29) is 11.8 Å². The zero-order valence-electron chi connectivity index (χ0n) is 14.1. The highest BCUT2D eigenvalue weighted by atomic mass is 32.2. The molecule has 0 spiro atoms. The lowest BCUT2D eigenvalue weighted by Crippen LogP contribution is -2.29. The monoisotopic (exact) mass is 327 g/mol. The fourth-order valence-corrected chi connectivity index (χ4v) is 3.76. The maximum absolute atomic E-state index is 12.2. The third kappa shape index (κ3) is 6.90. The van der Waals surface area contributed by atoms with Gasteiger partial charge >= 0.3 is 0 Å². The number of sulfonamides is 1. The first kappa shape index (κ1) is 19.1. The molecule has 126 valence electrons. The molecule has 0 amide bonds. The molecule has 1 N–H and O–H groups in total. The van der Waals surface area contributed by atoms with Crippen LogP contribution in [0.5, 0.6) is 0 Å². The van der Waals surface area contributed by atoms with E-state index in [0.29, 0.717) is 18.9 Å². The lowest BCUT2D eigenvalue weighted by atomic mass is 10.1. The van der Waals surface area contributed by atoms with Gasteiger partial charge in [0.15, 0.2) is 0 Å². The van der Waals surface area contributed by atoms with Crippen LogP contribution in [0, 0.1) is 5.92 Å². The van der Waals surface area contributed by atoms with Crippen molar-refractivity contribution < 1.29 is 13.2 Å². The first-order valence-electron chi connectivity index (χ1n) is 7.95. The first-order valence-corrected chi connectivity index (χ1v) is 9.61. The minimum absolute atomic E-state index is 0.162. The summed E-state index contributed by atoms with van der Waals surface area (Å²) in [4.78, 5) is 0. The minimum atomic E-state index is -3.26. The van der Waals surface area contributed by atoms with Crippen LogP contribution >= 0.6 is 0 Å². The summed E-state index contributed by atoms with van der Waals surface area (Å²) in [5, 5.41) is 0. The van der Waals surface area contributed by atoms with E-state index in [1.165, 1.54) is 5.56 Å². The maximum atomic E-state index is 12.2. The number of hydrogen-bond acceptors (Lipinski definition) is 3. The van der Waals surface area contributed by atoms with Crippen molar-refractivity contribution in [2.24, 2.45) is 5.92 Å². The molecule has 1 rings (SSSR count). The van der Waals surface area contributed by atoms with Crippen molar-refractivity contribution in [3.05, 3.63) is 35.4 Å². The number of aryl methyl sites for hydroxylation is 1. The van der Waals surface area contributed by atoms with Crippen molar-refractivity contribution in [3.8, 4) is 0 Å². The van der Waals surface area contributed by atoms with Gasteiger partial charge in [-0.2, -0.15) is 0 Å². The first-order chi connectivity index (χ1) is 10.4. The predicted molar refractivity (Wildman–Crippen MR) is 91.4 cm³/mol. The second-order valence-electron chi connectivity index (χ2n) is 5.93. The number of ether oxygens (including phenoxy) is 1. The summed E-state index contributed by atoms with van der Waals surface area (Å²) in [5.74, 6) is 0.505. The van der Waals surface area contributed by atoms with Gasteiger partial charge in [0.25, 0.3) is 0 Å². The molecular formula is C17H29NO3S. The number of methoxy groups -OCH3 is 1. The van der Waals surface area contributed by atoms with Gasteiger partial charge < -0.3 is 4.74 Å². The van der Waals surface area contributed by atoms with Gasteiger partial charge in [-0.1, -0.05) is 38.1 Å². The molecule has 0 aliphatic heterocycles. The van der Waals surface area contributed by atoms with Crippen LogP contribution in [0.25, 0.3) is 0 Å². The van der Waals surface area contributed by atoms with Crippen molar-refractivity contribution in [3.63, 3.8) is 0 Å². The van der Waals surface area contributed by atoms with E-state index >= 15 is 0 Å². The second-order valence-corrected chi connectivity index (χ2v) is 7.80. The van der Waals surface area contributed by atoms with Gasteiger partial charge in [-0.3, -0.25) is 0 Å². The number of rotatable bonds is 10. The topological polar surface area (TPSA) is 55.4 Å². The average molecular weight is 327 g/mol. The Hall–Kier alpha value is -0.910. The smallest absolute Gasteiger partial charge is 0.212 e. The highest BCUT2D eigenvalue weighted by Gasteiger charge is 2.17. The summed E-state index contributed by atoms with van der Waals surface area (Å²) in [5.41, 5.74) is 2.25. The van der Waals surface area contributed by atoms with Crippen LogP contribution in [0.2, 0.25) is 0 Å². The molecule has 4 nitrogen and oxygen atoms in total. The molecule has 1 aromatic rings. The van der Waals surface area contributed by atoms with Gasteiger partial charge in [-0.05, 0) is 43.2 Å². The quantitative estimate of drug-likeness (QED) is 0.717. The Kier molecular flexibility index (Phi) is 8.07. The summed E-state index contributed by atoms with van der Waals surface area (Å²) in [6.45, 7) is 6.72.